The summed E-state index contributed by atoms with van der Waals surface area (Å²) in [5.74, 6) is 1.64. The van der Waals surface area contributed by atoms with Crippen LogP contribution in [0, 0.1) is 0 Å². The topological polar surface area (TPSA) is 42.4 Å². The fourth-order valence-electron chi connectivity index (χ4n) is 2.47. The molecule has 0 spiro atoms. The summed E-state index contributed by atoms with van der Waals surface area (Å²) in [6, 6.07) is 18.1. The number of fused-ring (bicyclic) bond motifs is 1. The lowest BCUT2D eigenvalue weighted by atomic mass is 10.1. The number of ether oxygens (including phenoxy) is 1. The van der Waals surface area contributed by atoms with Gasteiger partial charge in [0.05, 0.1) is 24.5 Å². The van der Waals surface area contributed by atoms with Crippen LogP contribution in [0.1, 0.15) is 16.4 Å². The van der Waals surface area contributed by atoms with E-state index in [0.717, 1.165) is 28.0 Å². The molecular weight excluding hydrogens is 306 g/mol. The zero-order chi connectivity index (χ0) is 16.1. The number of methoxy groups -OCH3 is 1. The monoisotopic (exact) mass is 325 g/mol. The molecule has 0 aliphatic rings. The molecule has 1 N–H and O–H groups in total. The minimum Gasteiger partial charge on any atom is -0.497 e. The standard InChI is InChI=1S/C19H19NO2S/c1-22-17-8-6-15(7-9-17)19(12-21)23-13-14-10-16-4-2-3-5-18(16)20-11-14/h2-11,19,21H,12-13H2,1H3/t19-/m1/s1. The molecule has 3 rings (SSSR count). The van der Waals surface area contributed by atoms with Crippen LogP contribution in [0.15, 0.2) is 60.8 Å². The number of benzene rings is 2. The van der Waals surface area contributed by atoms with Crippen LogP contribution in [0.2, 0.25) is 0 Å². The molecule has 3 nitrogen and oxygen atoms in total. The summed E-state index contributed by atoms with van der Waals surface area (Å²) in [5.41, 5.74) is 3.28. The van der Waals surface area contributed by atoms with Crippen molar-refractivity contribution in [2.75, 3.05) is 13.7 Å². The van der Waals surface area contributed by atoms with E-state index in [2.05, 4.69) is 17.1 Å². The largest absolute Gasteiger partial charge is 0.497 e. The van der Waals surface area contributed by atoms with Crippen molar-refractivity contribution in [3.05, 3.63) is 71.9 Å². The van der Waals surface area contributed by atoms with Crippen LogP contribution in [-0.2, 0) is 5.75 Å². The Labute approximate surface area is 140 Å². The van der Waals surface area contributed by atoms with E-state index < -0.39 is 0 Å². The number of aliphatic hydroxyl groups excluding tert-OH is 1. The number of nitrogens with zero attached hydrogens (tertiary/aromatic N) is 1. The summed E-state index contributed by atoms with van der Waals surface area (Å²) in [6.07, 6.45) is 1.91. The van der Waals surface area contributed by atoms with Crippen molar-refractivity contribution in [1.29, 1.82) is 0 Å². The van der Waals surface area contributed by atoms with E-state index in [1.807, 2.05) is 48.7 Å². The van der Waals surface area contributed by atoms with Crippen LogP contribution >= 0.6 is 11.8 Å². The van der Waals surface area contributed by atoms with Gasteiger partial charge in [0.2, 0.25) is 0 Å². The molecule has 23 heavy (non-hydrogen) atoms. The number of hydrogen-bond acceptors (Lipinski definition) is 4. The minimum absolute atomic E-state index is 0.0485. The fraction of sp³-hybridized carbons (Fsp3) is 0.211. The first kappa shape index (κ1) is 15.8. The maximum atomic E-state index is 9.69. The van der Waals surface area contributed by atoms with Crippen LogP contribution in [0.4, 0.5) is 0 Å². The first-order chi connectivity index (χ1) is 11.3. The van der Waals surface area contributed by atoms with Crippen molar-refractivity contribution >= 4 is 22.7 Å². The van der Waals surface area contributed by atoms with Gasteiger partial charge in [-0.25, -0.2) is 0 Å². The van der Waals surface area contributed by atoms with Gasteiger partial charge in [-0.05, 0) is 35.4 Å². The summed E-state index contributed by atoms with van der Waals surface area (Å²) in [4.78, 5) is 4.49. The van der Waals surface area contributed by atoms with E-state index in [9.17, 15) is 5.11 Å². The quantitative estimate of drug-likeness (QED) is 0.737. The molecule has 0 fully saturated rings. The summed E-state index contributed by atoms with van der Waals surface area (Å²) in [5, 5.41) is 10.9. The third kappa shape index (κ3) is 3.84. The van der Waals surface area contributed by atoms with Crippen molar-refractivity contribution in [1.82, 2.24) is 4.98 Å². The van der Waals surface area contributed by atoms with Gasteiger partial charge in [-0.1, -0.05) is 30.3 Å². The van der Waals surface area contributed by atoms with Crippen molar-refractivity contribution < 1.29 is 9.84 Å². The Bertz CT molecular complexity index is 774. The number of aliphatic hydroxyl groups is 1. The number of aromatic nitrogens is 1. The third-order valence-electron chi connectivity index (χ3n) is 3.75. The van der Waals surface area contributed by atoms with Crippen molar-refractivity contribution in [3.8, 4) is 5.75 Å². The Kier molecular flexibility index (Phi) is 5.16. The van der Waals surface area contributed by atoms with Crippen LogP contribution in [0.3, 0.4) is 0 Å². The number of rotatable bonds is 6. The predicted molar refractivity (Wildman–Crippen MR) is 95.9 cm³/mol. The zero-order valence-corrected chi connectivity index (χ0v) is 13.8. The number of thioether (sulfide) groups is 1. The summed E-state index contributed by atoms with van der Waals surface area (Å²) in [7, 11) is 1.65. The molecule has 0 saturated heterocycles. The SMILES string of the molecule is COc1ccc([C@@H](CO)SCc2cnc3ccccc3c2)cc1. The Morgan fingerprint density at radius 2 is 1.91 bits per heavy atom. The van der Waals surface area contributed by atoms with E-state index in [1.54, 1.807) is 18.9 Å². The Hall–Kier alpha value is -2.04. The number of para-hydroxylation sites is 1. The smallest absolute Gasteiger partial charge is 0.118 e. The summed E-state index contributed by atoms with van der Waals surface area (Å²) in [6.45, 7) is 0.109. The van der Waals surface area contributed by atoms with E-state index >= 15 is 0 Å². The Balaban J connectivity index is 1.70. The van der Waals surface area contributed by atoms with Gasteiger partial charge in [0.1, 0.15) is 5.75 Å². The molecular formula is C19H19NO2S. The highest BCUT2D eigenvalue weighted by molar-refractivity contribution is 7.98. The maximum absolute atomic E-state index is 9.69. The minimum atomic E-state index is 0.0485. The zero-order valence-electron chi connectivity index (χ0n) is 13.0. The molecule has 4 heteroatoms. The average Bonchev–Trinajstić information content (AvgIpc) is 2.62. The van der Waals surface area contributed by atoms with Gasteiger partial charge >= 0.3 is 0 Å². The molecule has 1 atom stereocenters. The van der Waals surface area contributed by atoms with Crippen molar-refractivity contribution in [2.24, 2.45) is 0 Å². The van der Waals surface area contributed by atoms with Gasteiger partial charge in [-0.3, -0.25) is 4.98 Å². The Morgan fingerprint density at radius 3 is 2.65 bits per heavy atom. The molecule has 0 aliphatic heterocycles. The van der Waals surface area contributed by atoms with Gasteiger partial charge < -0.3 is 9.84 Å². The normalized spacial score (nSPS) is 12.3. The summed E-state index contributed by atoms with van der Waals surface area (Å²) >= 11 is 1.72. The van der Waals surface area contributed by atoms with E-state index in [-0.39, 0.29) is 11.9 Å². The van der Waals surface area contributed by atoms with Crippen molar-refractivity contribution in [3.63, 3.8) is 0 Å². The van der Waals surface area contributed by atoms with Crippen LogP contribution < -0.4 is 4.74 Å². The first-order valence-corrected chi connectivity index (χ1v) is 8.55. The second-order valence-electron chi connectivity index (χ2n) is 5.29. The molecule has 0 aliphatic carbocycles. The molecule has 0 radical (unpaired) electrons. The second kappa shape index (κ2) is 7.49. The molecule has 1 heterocycles. The van der Waals surface area contributed by atoms with E-state index in [1.165, 1.54) is 5.56 Å². The highest BCUT2D eigenvalue weighted by atomic mass is 32.2. The molecule has 2 aromatic carbocycles. The molecule has 3 aromatic rings. The van der Waals surface area contributed by atoms with Crippen LogP contribution in [-0.4, -0.2) is 23.8 Å². The highest BCUT2D eigenvalue weighted by Gasteiger charge is 2.11. The van der Waals surface area contributed by atoms with E-state index in [4.69, 9.17) is 4.74 Å². The summed E-state index contributed by atoms with van der Waals surface area (Å²) < 4.78 is 5.18. The molecule has 0 amide bonds. The average molecular weight is 325 g/mol. The maximum Gasteiger partial charge on any atom is 0.118 e. The lowest BCUT2D eigenvalue weighted by Gasteiger charge is -2.15. The molecule has 0 saturated carbocycles. The lowest BCUT2D eigenvalue weighted by Crippen LogP contribution is -2.00. The molecule has 1 aromatic heterocycles. The fourth-order valence-corrected chi connectivity index (χ4v) is 3.47. The van der Waals surface area contributed by atoms with E-state index in [0.29, 0.717) is 0 Å². The van der Waals surface area contributed by atoms with Gasteiger partial charge in [-0.15, -0.1) is 11.8 Å². The van der Waals surface area contributed by atoms with Crippen molar-refractivity contribution in [2.45, 2.75) is 11.0 Å². The van der Waals surface area contributed by atoms with Gasteiger partial charge in [-0.2, -0.15) is 0 Å². The second-order valence-corrected chi connectivity index (χ2v) is 6.48. The first-order valence-electron chi connectivity index (χ1n) is 7.50. The predicted octanol–water partition coefficient (Wildman–Crippen LogP) is 4.21. The molecule has 0 unspecified atom stereocenters. The van der Waals surface area contributed by atoms with Crippen LogP contribution in [0.5, 0.6) is 5.75 Å². The lowest BCUT2D eigenvalue weighted by molar-refractivity contribution is 0.296. The highest BCUT2D eigenvalue weighted by Crippen LogP contribution is 2.32. The number of pyridine rings is 1. The molecule has 0 bridgehead atoms. The third-order valence-corrected chi connectivity index (χ3v) is 5.08. The number of hydrogen-bond donors (Lipinski definition) is 1. The van der Waals surface area contributed by atoms with Gasteiger partial charge in [0.25, 0.3) is 0 Å². The van der Waals surface area contributed by atoms with Gasteiger partial charge in [0.15, 0.2) is 0 Å². The molecule has 118 valence electrons. The van der Waals surface area contributed by atoms with Gasteiger partial charge in [0, 0.05) is 17.3 Å². The Morgan fingerprint density at radius 1 is 1.13 bits per heavy atom. The van der Waals surface area contributed by atoms with Crippen LogP contribution in [0.25, 0.3) is 10.9 Å².